The van der Waals surface area contributed by atoms with Gasteiger partial charge in [0.15, 0.2) is 11.5 Å². The molecule has 1 aliphatic rings. The van der Waals surface area contributed by atoms with E-state index in [1.807, 2.05) is 23.1 Å². The van der Waals surface area contributed by atoms with Crippen molar-refractivity contribution < 1.29 is 14.3 Å². The summed E-state index contributed by atoms with van der Waals surface area (Å²) in [5.74, 6) is 1.34. The summed E-state index contributed by atoms with van der Waals surface area (Å²) in [5.41, 5.74) is 4.75. The molecule has 0 aromatic heterocycles. The molecular weight excluding hydrogens is 354 g/mol. The van der Waals surface area contributed by atoms with Crippen molar-refractivity contribution in [1.82, 2.24) is 10.2 Å². The maximum atomic E-state index is 12.5. The van der Waals surface area contributed by atoms with Crippen LogP contribution in [0.2, 0.25) is 0 Å². The van der Waals surface area contributed by atoms with Gasteiger partial charge in [0, 0.05) is 38.4 Å². The second-order valence-electron chi connectivity index (χ2n) is 7.17. The predicted octanol–water partition coefficient (Wildman–Crippen LogP) is 3.35. The molecule has 0 bridgehead atoms. The lowest BCUT2D eigenvalue weighted by Crippen LogP contribution is -2.51. The van der Waals surface area contributed by atoms with Crippen LogP contribution in [0.15, 0.2) is 36.4 Å². The number of ether oxygens (including phenoxy) is 2. The van der Waals surface area contributed by atoms with E-state index in [1.54, 1.807) is 14.2 Å². The molecule has 1 aliphatic heterocycles. The summed E-state index contributed by atoms with van der Waals surface area (Å²) in [5, 5.41) is 3.00. The van der Waals surface area contributed by atoms with Crippen molar-refractivity contribution in [2.45, 2.75) is 20.4 Å². The lowest BCUT2D eigenvalue weighted by atomic mass is 10.1. The number of methoxy groups -OCH3 is 2. The molecule has 2 aromatic carbocycles. The Balaban J connectivity index is 1.53. The molecule has 0 unspecified atom stereocenters. The van der Waals surface area contributed by atoms with E-state index in [1.165, 1.54) is 16.8 Å². The highest BCUT2D eigenvalue weighted by molar-refractivity contribution is 5.74. The van der Waals surface area contributed by atoms with E-state index < -0.39 is 0 Å². The Morgan fingerprint density at radius 2 is 1.57 bits per heavy atom. The summed E-state index contributed by atoms with van der Waals surface area (Å²) < 4.78 is 10.6. The zero-order chi connectivity index (χ0) is 20.1. The molecule has 1 heterocycles. The van der Waals surface area contributed by atoms with Crippen molar-refractivity contribution in [1.29, 1.82) is 0 Å². The first kappa shape index (κ1) is 19.9. The Labute approximate surface area is 167 Å². The van der Waals surface area contributed by atoms with E-state index in [0.29, 0.717) is 31.1 Å². The molecule has 6 heteroatoms. The highest BCUT2D eigenvalue weighted by Gasteiger charge is 2.21. The standard InChI is InChI=1S/C22H29N3O3/c1-16-11-17(2)13-19(12-16)24-7-9-25(10-8-24)22(26)23-15-18-5-6-20(27-3)21(14-18)28-4/h5-6,11-14H,7-10,15H2,1-4H3,(H,23,26). The van der Waals surface area contributed by atoms with Gasteiger partial charge >= 0.3 is 6.03 Å². The van der Waals surface area contributed by atoms with Crippen molar-refractivity contribution in [3.05, 3.63) is 53.1 Å². The van der Waals surface area contributed by atoms with Gasteiger partial charge in [-0.05, 0) is 54.8 Å². The van der Waals surface area contributed by atoms with Crippen LogP contribution in [0.5, 0.6) is 11.5 Å². The second kappa shape index (κ2) is 8.87. The quantitative estimate of drug-likeness (QED) is 0.860. The summed E-state index contributed by atoms with van der Waals surface area (Å²) in [6.07, 6.45) is 0. The molecule has 2 amide bonds. The molecular formula is C22H29N3O3. The number of nitrogens with zero attached hydrogens (tertiary/aromatic N) is 2. The number of anilines is 1. The minimum Gasteiger partial charge on any atom is -0.493 e. The van der Waals surface area contributed by atoms with Crippen LogP contribution in [0.3, 0.4) is 0 Å². The number of hydrogen-bond donors (Lipinski definition) is 1. The van der Waals surface area contributed by atoms with E-state index in [0.717, 1.165) is 18.7 Å². The molecule has 1 saturated heterocycles. The third kappa shape index (κ3) is 4.68. The van der Waals surface area contributed by atoms with E-state index in [-0.39, 0.29) is 6.03 Å². The summed E-state index contributed by atoms with van der Waals surface area (Å²) in [6.45, 7) is 7.80. The normalized spacial score (nSPS) is 14.0. The van der Waals surface area contributed by atoms with Gasteiger partial charge in [-0.1, -0.05) is 12.1 Å². The van der Waals surface area contributed by atoms with Gasteiger partial charge in [-0.3, -0.25) is 0 Å². The fourth-order valence-electron chi connectivity index (χ4n) is 3.58. The Morgan fingerprint density at radius 1 is 0.929 bits per heavy atom. The molecule has 0 spiro atoms. The Bertz CT molecular complexity index is 810. The topological polar surface area (TPSA) is 54.0 Å². The van der Waals surface area contributed by atoms with E-state index >= 15 is 0 Å². The van der Waals surface area contributed by atoms with Crippen LogP contribution >= 0.6 is 0 Å². The number of nitrogens with one attached hydrogen (secondary N) is 1. The first-order valence-corrected chi connectivity index (χ1v) is 9.57. The van der Waals surface area contributed by atoms with Gasteiger partial charge < -0.3 is 24.6 Å². The highest BCUT2D eigenvalue weighted by Crippen LogP contribution is 2.27. The molecule has 28 heavy (non-hydrogen) atoms. The molecule has 6 nitrogen and oxygen atoms in total. The van der Waals surface area contributed by atoms with Crippen molar-refractivity contribution in [2.75, 3.05) is 45.3 Å². The third-order valence-corrected chi connectivity index (χ3v) is 5.03. The van der Waals surface area contributed by atoms with Gasteiger partial charge in [0.05, 0.1) is 14.2 Å². The number of benzene rings is 2. The minimum absolute atomic E-state index is 0.0325. The molecule has 3 rings (SSSR count). The average Bonchev–Trinajstić information content (AvgIpc) is 2.71. The minimum atomic E-state index is -0.0325. The molecule has 1 N–H and O–H groups in total. The maximum absolute atomic E-state index is 12.5. The Kier molecular flexibility index (Phi) is 6.29. The summed E-state index contributed by atoms with van der Waals surface area (Å²) >= 11 is 0. The molecule has 0 radical (unpaired) electrons. The van der Waals surface area contributed by atoms with Gasteiger partial charge in [-0.2, -0.15) is 0 Å². The van der Waals surface area contributed by atoms with Crippen molar-refractivity contribution >= 4 is 11.7 Å². The summed E-state index contributed by atoms with van der Waals surface area (Å²) in [7, 11) is 3.21. The zero-order valence-electron chi connectivity index (χ0n) is 17.1. The number of amides is 2. The monoisotopic (exact) mass is 383 g/mol. The molecule has 1 fully saturated rings. The first-order valence-electron chi connectivity index (χ1n) is 9.57. The molecule has 0 aliphatic carbocycles. The van der Waals surface area contributed by atoms with Crippen LogP contribution in [0.25, 0.3) is 0 Å². The number of urea groups is 1. The van der Waals surface area contributed by atoms with E-state index in [9.17, 15) is 4.79 Å². The largest absolute Gasteiger partial charge is 0.493 e. The first-order chi connectivity index (χ1) is 13.5. The maximum Gasteiger partial charge on any atom is 0.317 e. The van der Waals surface area contributed by atoms with Gasteiger partial charge in [-0.15, -0.1) is 0 Å². The zero-order valence-corrected chi connectivity index (χ0v) is 17.1. The van der Waals surface area contributed by atoms with Crippen LogP contribution in [0, 0.1) is 13.8 Å². The molecule has 0 atom stereocenters. The lowest BCUT2D eigenvalue weighted by Gasteiger charge is -2.36. The van der Waals surface area contributed by atoms with Crippen LogP contribution in [-0.4, -0.2) is 51.3 Å². The summed E-state index contributed by atoms with van der Waals surface area (Å²) in [6, 6.07) is 12.2. The fourth-order valence-corrected chi connectivity index (χ4v) is 3.58. The SMILES string of the molecule is COc1ccc(CNC(=O)N2CCN(c3cc(C)cc(C)c3)CC2)cc1OC. The molecule has 0 saturated carbocycles. The third-order valence-electron chi connectivity index (χ3n) is 5.03. The van der Waals surface area contributed by atoms with Crippen molar-refractivity contribution in [3.63, 3.8) is 0 Å². The van der Waals surface area contributed by atoms with Gasteiger partial charge in [0.25, 0.3) is 0 Å². The van der Waals surface area contributed by atoms with Crippen molar-refractivity contribution in [2.24, 2.45) is 0 Å². The number of carbonyl (C=O) groups is 1. The summed E-state index contributed by atoms with van der Waals surface area (Å²) in [4.78, 5) is 16.8. The number of rotatable bonds is 5. The van der Waals surface area contributed by atoms with Gasteiger partial charge in [0.1, 0.15) is 0 Å². The smallest absolute Gasteiger partial charge is 0.317 e. The van der Waals surface area contributed by atoms with Crippen molar-refractivity contribution in [3.8, 4) is 11.5 Å². The van der Waals surface area contributed by atoms with E-state index in [4.69, 9.17) is 9.47 Å². The second-order valence-corrected chi connectivity index (χ2v) is 7.17. The van der Waals surface area contributed by atoms with Crippen LogP contribution < -0.4 is 19.7 Å². The fraction of sp³-hybridized carbons (Fsp3) is 0.409. The van der Waals surface area contributed by atoms with Gasteiger partial charge in [0.2, 0.25) is 0 Å². The van der Waals surface area contributed by atoms with Crippen LogP contribution in [0.1, 0.15) is 16.7 Å². The average molecular weight is 383 g/mol. The number of aryl methyl sites for hydroxylation is 2. The lowest BCUT2D eigenvalue weighted by molar-refractivity contribution is 0.194. The van der Waals surface area contributed by atoms with Crippen LogP contribution in [0.4, 0.5) is 10.5 Å². The van der Waals surface area contributed by atoms with E-state index in [2.05, 4.69) is 42.3 Å². The predicted molar refractivity (Wildman–Crippen MR) is 111 cm³/mol. The molecule has 150 valence electrons. The number of carbonyl (C=O) groups excluding carboxylic acids is 1. The molecule has 2 aromatic rings. The number of piperazine rings is 1. The highest BCUT2D eigenvalue weighted by atomic mass is 16.5. The Morgan fingerprint density at radius 3 is 2.18 bits per heavy atom. The number of hydrogen-bond acceptors (Lipinski definition) is 4. The van der Waals surface area contributed by atoms with Crippen LogP contribution in [-0.2, 0) is 6.54 Å². The van der Waals surface area contributed by atoms with Gasteiger partial charge in [-0.25, -0.2) is 4.79 Å². The Hall–Kier alpha value is -2.89.